The summed E-state index contributed by atoms with van der Waals surface area (Å²) in [6.07, 6.45) is 3.33. The summed E-state index contributed by atoms with van der Waals surface area (Å²) in [5.74, 6) is 37.1. The van der Waals surface area contributed by atoms with Gasteiger partial charge in [0.2, 0.25) is 0 Å². The molecule has 0 aromatic carbocycles. The van der Waals surface area contributed by atoms with Gasteiger partial charge in [0.25, 0.3) is 0 Å². The van der Waals surface area contributed by atoms with Gasteiger partial charge in [-0.15, -0.1) is 35.5 Å². The summed E-state index contributed by atoms with van der Waals surface area (Å²) in [6.45, 7) is 34.1. The molecule has 0 saturated carbocycles. The zero-order valence-electron chi connectivity index (χ0n) is 34.7. The Bertz CT molecular complexity index is 1200. The summed E-state index contributed by atoms with van der Waals surface area (Å²) in [7, 11) is -6.90. The van der Waals surface area contributed by atoms with Crippen molar-refractivity contribution in [1.29, 1.82) is 0 Å². The van der Waals surface area contributed by atoms with Crippen LogP contribution in [-0.4, -0.2) is 51.2 Å². The van der Waals surface area contributed by atoms with Crippen molar-refractivity contribution >= 4 is 17.6 Å². The Balaban J connectivity index is 6.62. The summed E-state index contributed by atoms with van der Waals surface area (Å²) in [4.78, 5) is 0. The largest absolute Gasteiger partial charge is 0.504 e. The third-order valence-corrected chi connectivity index (χ3v) is 13.6. The van der Waals surface area contributed by atoms with E-state index in [1.807, 2.05) is 83.1 Å². The van der Waals surface area contributed by atoms with E-state index >= 15 is 0 Å². The summed E-state index contributed by atoms with van der Waals surface area (Å²) in [5.41, 5.74) is -4.83. The molecule has 0 bridgehead atoms. The van der Waals surface area contributed by atoms with E-state index in [-0.39, 0.29) is 0 Å². The molecule has 0 rings (SSSR count). The van der Waals surface area contributed by atoms with Gasteiger partial charge in [-0.25, -0.2) is 0 Å². The molecule has 278 valence electrons. The van der Waals surface area contributed by atoms with E-state index in [9.17, 15) is 0 Å². The van der Waals surface area contributed by atoms with E-state index in [2.05, 4.69) is 71.0 Å². The molecule has 0 heterocycles. The van der Waals surface area contributed by atoms with Crippen LogP contribution in [0.1, 0.15) is 150 Å². The van der Waals surface area contributed by atoms with Gasteiger partial charge in [0, 0.05) is 12.1 Å². The fourth-order valence-electron chi connectivity index (χ4n) is 5.76. The smallest absolute Gasteiger partial charge is 0.357 e. The van der Waals surface area contributed by atoms with E-state index in [1.54, 1.807) is 41.5 Å². The minimum Gasteiger partial charge on any atom is -0.357 e. The van der Waals surface area contributed by atoms with Gasteiger partial charge < -0.3 is 26.6 Å². The lowest BCUT2D eigenvalue weighted by molar-refractivity contribution is -0.0496. The highest BCUT2D eigenvalue weighted by molar-refractivity contribution is 6.61. The molecule has 0 aliphatic rings. The number of hydrogen-bond donors (Lipinski definition) is 0. The Morgan fingerprint density at radius 1 is 0.300 bits per heavy atom. The second-order valence-corrected chi connectivity index (χ2v) is 20.2. The van der Waals surface area contributed by atoms with Crippen LogP contribution in [0.2, 0.25) is 12.1 Å². The Labute approximate surface area is 310 Å². The molecule has 0 saturated heterocycles. The standard InChI is InChI=1S/C42H66O6Si2/c1-19-29-37(7,8)43-49(44-38(9,10)30-20-2,45-39(11,12)31-21-3)35-27-25-26-28-36-50(46-40(13,14)32-22-4,47-41(15,16)33-23-5)48-42(17,18)34-24-6/h25-28,35-36H2,1-18H3. The maximum Gasteiger partial charge on any atom is 0.504 e. The normalized spacial score (nSPS) is 12.6. The molecular formula is C42H66O6Si2. The van der Waals surface area contributed by atoms with Crippen molar-refractivity contribution < 1.29 is 26.6 Å². The molecule has 0 amide bonds. The topological polar surface area (TPSA) is 55.4 Å². The van der Waals surface area contributed by atoms with Gasteiger partial charge in [0.05, 0.1) is 0 Å². The molecular weight excluding hydrogens is 657 g/mol. The molecule has 0 radical (unpaired) electrons. The first-order valence-electron chi connectivity index (χ1n) is 17.7. The van der Waals surface area contributed by atoms with Crippen LogP contribution in [0.3, 0.4) is 0 Å². The van der Waals surface area contributed by atoms with Crippen molar-refractivity contribution in [2.24, 2.45) is 0 Å². The molecule has 0 aromatic rings. The van der Waals surface area contributed by atoms with E-state index in [0.29, 0.717) is 12.1 Å². The van der Waals surface area contributed by atoms with Crippen LogP contribution in [0.5, 0.6) is 0 Å². The molecule has 0 spiro atoms. The fourth-order valence-corrected chi connectivity index (χ4v) is 13.0. The first-order valence-corrected chi connectivity index (χ1v) is 21.5. The predicted molar refractivity (Wildman–Crippen MR) is 211 cm³/mol. The van der Waals surface area contributed by atoms with Gasteiger partial charge in [0.15, 0.2) is 0 Å². The monoisotopic (exact) mass is 722 g/mol. The van der Waals surface area contributed by atoms with Crippen LogP contribution in [-0.2, 0) is 26.6 Å². The summed E-state index contributed by atoms with van der Waals surface area (Å²) in [5, 5.41) is 0. The van der Waals surface area contributed by atoms with Gasteiger partial charge in [-0.2, -0.15) is 0 Å². The Hall–Kier alpha value is -2.45. The van der Waals surface area contributed by atoms with E-state index < -0.39 is 51.2 Å². The number of hydrogen-bond acceptors (Lipinski definition) is 6. The Morgan fingerprint density at radius 3 is 0.600 bits per heavy atom. The molecule has 0 atom stereocenters. The Kier molecular flexibility index (Phi) is 19.0. The van der Waals surface area contributed by atoms with Gasteiger partial charge in [-0.1, -0.05) is 48.4 Å². The van der Waals surface area contributed by atoms with Crippen LogP contribution < -0.4 is 0 Å². The lowest BCUT2D eigenvalue weighted by atomic mass is 10.1. The first kappa shape index (κ1) is 47.6. The average molecular weight is 723 g/mol. The average Bonchev–Trinajstić information content (AvgIpc) is 2.88. The van der Waals surface area contributed by atoms with E-state index in [0.717, 1.165) is 25.7 Å². The highest BCUT2D eigenvalue weighted by atomic mass is 28.4. The lowest BCUT2D eigenvalue weighted by Gasteiger charge is -2.42. The zero-order chi connectivity index (χ0) is 39.0. The van der Waals surface area contributed by atoms with Crippen molar-refractivity contribution in [3.05, 3.63) is 0 Å². The fraction of sp³-hybridized carbons (Fsp3) is 0.714. The minimum absolute atomic E-state index is 0.564. The quantitative estimate of drug-likeness (QED) is 0.0753. The van der Waals surface area contributed by atoms with Crippen LogP contribution in [0, 0.1) is 71.0 Å². The Morgan fingerprint density at radius 2 is 0.460 bits per heavy atom. The highest BCUT2D eigenvalue weighted by Crippen LogP contribution is 2.36. The third-order valence-electron chi connectivity index (χ3n) is 6.74. The zero-order valence-corrected chi connectivity index (χ0v) is 36.7. The minimum atomic E-state index is -3.45. The summed E-state index contributed by atoms with van der Waals surface area (Å²) >= 11 is 0. The predicted octanol–water partition coefficient (Wildman–Crippen LogP) is 9.34. The van der Waals surface area contributed by atoms with Crippen LogP contribution >= 0.6 is 0 Å². The summed E-state index contributed by atoms with van der Waals surface area (Å²) in [6, 6.07) is 1.13. The summed E-state index contributed by atoms with van der Waals surface area (Å²) < 4.78 is 40.9. The van der Waals surface area contributed by atoms with Crippen molar-refractivity contribution in [3.63, 3.8) is 0 Å². The van der Waals surface area contributed by atoms with E-state index in [1.165, 1.54) is 0 Å². The second kappa shape index (κ2) is 20.0. The molecule has 8 heteroatoms. The molecule has 6 nitrogen and oxygen atoms in total. The van der Waals surface area contributed by atoms with E-state index in [4.69, 9.17) is 26.6 Å². The van der Waals surface area contributed by atoms with Crippen LogP contribution in [0.25, 0.3) is 0 Å². The van der Waals surface area contributed by atoms with Crippen molar-refractivity contribution in [2.75, 3.05) is 0 Å². The molecule has 0 N–H and O–H groups in total. The van der Waals surface area contributed by atoms with Crippen molar-refractivity contribution in [2.45, 2.75) is 196 Å². The SMILES string of the molecule is CC#CC(C)(C)O[Si](CCCCCC[Si](OC(C)(C)C#CC)(OC(C)(C)C#CC)OC(C)(C)C#CC)(OC(C)(C)C#CC)OC(C)(C)C#CC. The second-order valence-electron chi connectivity index (χ2n) is 15.2. The molecule has 50 heavy (non-hydrogen) atoms. The third kappa shape index (κ3) is 19.2. The highest BCUT2D eigenvalue weighted by Gasteiger charge is 2.53. The molecule has 0 unspecified atom stereocenters. The van der Waals surface area contributed by atoms with Gasteiger partial charge >= 0.3 is 17.6 Å². The van der Waals surface area contributed by atoms with Gasteiger partial charge in [0.1, 0.15) is 33.6 Å². The number of rotatable bonds is 19. The molecule has 0 fully saturated rings. The first-order chi connectivity index (χ1) is 22.8. The van der Waals surface area contributed by atoms with Gasteiger partial charge in [-0.05, 0) is 137 Å². The molecule has 0 aliphatic heterocycles. The van der Waals surface area contributed by atoms with Crippen molar-refractivity contribution in [3.8, 4) is 71.0 Å². The lowest BCUT2D eigenvalue weighted by Crippen LogP contribution is -2.58. The van der Waals surface area contributed by atoms with Crippen LogP contribution in [0.4, 0.5) is 0 Å². The maximum absolute atomic E-state index is 6.82. The van der Waals surface area contributed by atoms with Crippen LogP contribution in [0.15, 0.2) is 0 Å². The molecule has 0 aliphatic carbocycles. The van der Waals surface area contributed by atoms with Crippen molar-refractivity contribution in [1.82, 2.24) is 0 Å². The van der Waals surface area contributed by atoms with Gasteiger partial charge in [-0.3, -0.25) is 0 Å². The maximum atomic E-state index is 6.82. The number of unbranched alkanes of at least 4 members (excludes halogenated alkanes) is 3. The molecule has 0 aromatic heterocycles.